The lowest BCUT2D eigenvalue weighted by Crippen LogP contribution is -2.52. The van der Waals surface area contributed by atoms with Crippen molar-refractivity contribution in [3.63, 3.8) is 0 Å². The lowest BCUT2D eigenvalue weighted by Gasteiger charge is -2.33. The molecule has 1 aliphatic heterocycles. The molecule has 1 N–H and O–H groups in total. The van der Waals surface area contributed by atoms with Gasteiger partial charge in [-0.25, -0.2) is 9.67 Å². The summed E-state index contributed by atoms with van der Waals surface area (Å²) in [4.78, 5) is 19.1. The number of nitrogens with zero attached hydrogens (tertiary/aromatic N) is 4. The van der Waals surface area contributed by atoms with Crippen LogP contribution in [0.3, 0.4) is 0 Å². The predicted molar refractivity (Wildman–Crippen MR) is 101 cm³/mol. The molecule has 0 bridgehead atoms. The molecule has 1 atom stereocenters. The number of nitrogens with one attached hydrogen (secondary N) is 1. The molecule has 1 aromatic carbocycles. The topological polar surface area (TPSA) is 63.1 Å². The Morgan fingerprint density at radius 2 is 2.04 bits per heavy atom. The SMILES string of the molecule is Cc1nc(C(=O)N2CCNC[C@@H]2C)nn1-c1ccccc1C(C)C.Cl. The summed E-state index contributed by atoms with van der Waals surface area (Å²) in [5.41, 5.74) is 2.19. The van der Waals surface area contributed by atoms with Crippen LogP contribution in [0.1, 0.15) is 48.7 Å². The first-order chi connectivity index (χ1) is 11.5. The van der Waals surface area contributed by atoms with Gasteiger partial charge in [0.15, 0.2) is 0 Å². The average molecular weight is 364 g/mol. The molecule has 6 nitrogen and oxygen atoms in total. The van der Waals surface area contributed by atoms with Gasteiger partial charge in [0.1, 0.15) is 5.82 Å². The minimum Gasteiger partial charge on any atom is -0.331 e. The van der Waals surface area contributed by atoms with Crippen LogP contribution < -0.4 is 5.32 Å². The van der Waals surface area contributed by atoms with E-state index in [0.29, 0.717) is 12.5 Å². The van der Waals surface area contributed by atoms with Crippen LogP contribution in [0.4, 0.5) is 0 Å². The molecule has 0 spiro atoms. The number of piperazine rings is 1. The van der Waals surface area contributed by atoms with Gasteiger partial charge < -0.3 is 10.2 Å². The van der Waals surface area contributed by atoms with Gasteiger partial charge in [0, 0.05) is 25.7 Å². The highest BCUT2D eigenvalue weighted by Crippen LogP contribution is 2.23. The van der Waals surface area contributed by atoms with Crippen LogP contribution in [-0.2, 0) is 0 Å². The highest BCUT2D eigenvalue weighted by molar-refractivity contribution is 5.90. The van der Waals surface area contributed by atoms with Gasteiger partial charge >= 0.3 is 0 Å². The van der Waals surface area contributed by atoms with E-state index in [1.54, 1.807) is 4.68 Å². The lowest BCUT2D eigenvalue weighted by molar-refractivity contribution is 0.0643. The van der Waals surface area contributed by atoms with Crippen LogP contribution in [0.25, 0.3) is 5.69 Å². The standard InChI is InChI=1S/C18H25N5O.ClH/c1-12(2)15-7-5-6-8-16(15)23-14(4)20-17(21-23)18(24)22-10-9-19-11-13(22)3;/h5-8,12-13,19H,9-11H2,1-4H3;1H/t13-;/m0./s1. The number of para-hydroxylation sites is 1. The van der Waals surface area contributed by atoms with Crippen molar-refractivity contribution in [3.8, 4) is 5.69 Å². The van der Waals surface area contributed by atoms with E-state index >= 15 is 0 Å². The van der Waals surface area contributed by atoms with Gasteiger partial charge in [-0.2, -0.15) is 0 Å². The summed E-state index contributed by atoms with van der Waals surface area (Å²) in [6, 6.07) is 8.29. The van der Waals surface area contributed by atoms with E-state index in [0.717, 1.165) is 24.6 Å². The molecule has 1 aromatic heterocycles. The summed E-state index contributed by atoms with van der Waals surface area (Å²) in [5.74, 6) is 1.29. The summed E-state index contributed by atoms with van der Waals surface area (Å²) in [5, 5.41) is 7.82. The fourth-order valence-corrected chi connectivity index (χ4v) is 3.15. The van der Waals surface area contributed by atoms with Gasteiger partial charge in [-0.05, 0) is 31.4 Å². The quantitative estimate of drug-likeness (QED) is 0.910. The number of aromatic nitrogens is 3. The number of carbonyl (C=O) groups excluding carboxylic acids is 1. The summed E-state index contributed by atoms with van der Waals surface area (Å²) in [6.45, 7) is 10.5. The van der Waals surface area contributed by atoms with E-state index < -0.39 is 0 Å². The molecule has 0 unspecified atom stereocenters. The third kappa shape index (κ3) is 3.85. The minimum absolute atomic E-state index is 0. The predicted octanol–water partition coefficient (Wildman–Crippen LogP) is 2.55. The maximum Gasteiger partial charge on any atom is 0.293 e. The second-order valence-corrected chi connectivity index (χ2v) is 6.66. The zero-order valence-corrected chi connectivity index (χ0v) is 16.0. The average Bonchev–Trinajstić information content (AvgIpc) is 2.96. The van der Waals surface area contributed by atoms with Crippen molar-refractivity contribution in [1.29, 1.82) is 0 Å². The molecule has 2 aromatic rings. The maximum absolute atomic E-state index is 12.8. The lowest BCUT2D eigenvalue weighted by atomic mass is 10.0. The van der Waals surface area contributed by atoms with Gasteiger partial charge in [0.25, 0.3) is 5.91 Å². The Morgan fingerprint density at radius 3 is 2.72 bits per heavy atom. The molecule has 3 rings (SSSR count). The number of rotatable bonds is 3. The Balaban J connectivity index is 0.00000225. The molecule has 1 aliphatic rings. The van der Waals surface area contributed by atoms with Crippen LogP contribution in [0, 0.1) is 6.92 Å². The highest BCUT2D eigenvalue weighted by Gasteiger charge is 2.27. The fourth-order valence-electron chi connectivity index (χ4n) is 3.15. The van der Waals surface area contributed by atoms with Gasteiger partial charge in [0.05, 0.1) is 5.69 Å². The molecule has 0 radical (unpaired) electrons. The molecule has 7 heteroatoms. The normalized spacial score (nSPS) is 17.5. The first-order valence-corrected chi connectivity index (χ1v) is 8.53. The Morgan fingerprint density at radius 1 is 1.32 bits per heavy atom. The first-order valence-electron chi connectivity index (χ1n) is 8.53. The van der Waals surface area contributed by atoms with Gasteiger partial charge in [0.2, 0.25) is 5.82 Å². The van der Waals surface area contributed by atoms with Crippen molar-refractivity contribution >= 4 is 18.3 Å². The summed E-state index contributed by atoms with van der Waals surface area (Å²) in [6.07, 6.45) is 0. The number of carbonyl (C=O) groups is 1. The van der Waals surface area contributed by atoms with Crippen LogP contribution in [0.2, 0.25) is 0 Å². The number of hydrogen-bond acceptors (Lipinski definition) is 4. The second kappa shape index (κ2) is 7.97. The van der Waals surface area contributed by atoms with E-state index in [1.807, 2.05) is 36.9 Å². The van der Waals surface area contributed by atoms with Crippen molar-refractivity contribution in [2.75, 3.05) is 19.6 Å². The molecule has 1 saturated heterocycles. The Labute approximate surface area is 155 Å². The van der Waals surface area contributed by atoms with Crippen molar-refractivity contribution in [2.24, 2.45) is 0 Å². The van der Waals surface area contributed by atoms with Crippen molar-refractivity contribution < 1.29 is 4.79 Å². The van der Waals surface area contributed by atoms with Crippen LogP contribution >= 0.6 is 12.4 Å². The summed E-state index contributed by atoms with van der Waals surface area (Å²) >= 11 is 0. The number of hydrogen-bond donors (Lipinski definition) is 1. The number of halogens is 1. The van der Waals surface area contributed by atoms with Gasteiger partial charge in [-0.15, -0.1) is 17.5 Å². The Bertz CT molecular complexity index is 743. The minimum atomic E-state index is -0.0899. The molecular formula is C18H26ClN5O. The van der Waals surface area contributed by atoms with E-state index in [1.165, 1.54) is 5.56 Å². The summed E-state index contributed by atoms with van der Waals surface area (Å²) < 4.78 is 1.79. The third-order valence-electron chi connectivity index (χ3n) is 4.51. The molecule has 136 valence electrons. The molecule has 1 amide bonds. The van der Waals surface area contributed by atoms with Crippen LogP contribution in [0.5, 0.6) is 0 Å². The van der Waals surface area contributed by atoms with Crippen LogP contribution in [-0.4, -0.2) is 51.2 Å². The zero-order chi connectivity index (χ0) is 17.3. The Kier molecular flexibility index (Phi) is 6.19. The molecule has 25 heavy (non-hydrogen) atoms. The monoisotopic (exact) mass is 363 g/mol. The largest absolute Gasteiger partial charge is 0.331 e. The Hall–Kier alpha value is -1.92. The van der Waals surface area contributed by atoms with Gasteiger partial charge in [-0.1, -0.05) is 32.0 Å². The van der Waals surface area contributed by atoms with Crippen molar-refractivity contribution in [1.82, 2.24) is 25.0 Å². The number of benzene rings is 1. The fraction of sp³-hybridized carbons (Fsp3) is 0.500. The maximum atomic E-state index is 12.8. The smallest absolute Gasteiger partial charge is 0.293 e. The van der Waals surface area contributed by atoms with Crippen molar-refractivity contribution in [2.45, 2.75) is 39.7 Å². The summed E-state index contributed by atoms with van der Waals surface area (Å²) in [7, 11) is 0. The van der Waals surface area contributed by atoms with E-state index in [4.69, 9.17) is 0 Å². The number of amides is 1. The molecule has 2 heterocycles. The van der Waals surface area contributed by atoms with E-state index in [2.05, 4.69) is 35.3 Å². The van der Waals surface area contributed by atoms with Gasteiger partial charge in [-0.3, -0.25) is 4.79 Å². The molecular weight excluding hydrogens is 338 g/mol. The van der Waals surface area contributed by atoms with E-state index in [-0.39, 0.29) is 30.2 Å². The molecule has 0 saturated carbocycles. The van der Waals surface area contributed by atoms with Crippen LogP contribution in [0.15, 0.2) is 24.3 Å². The van der Waals surface area contributed by atoms with Crippen molar-refractivity contribution in [3.05, 3.63) is 41.5 Å². The zero-order valence-electron chi connectivity index (χ0n) is 15.2. The first kappa shape index (κ1) is 19.4. The number of aryl methyl sites for hydroxylation is 1. The molecule has 0 aliphatic carbocycles. The third-order valence-corrected chi connectivity index (χ3v) is 4.51. The molecule has 1 fully saturated rings. The second-order valence-electron chi connectivity index (χ2n) is 6.66. The van der Waals surface area contributed by atoms with E-state index in [9.17, 15) is 4.79 Å². The highest BCUT2D eigenvalue weighted by atomic mass is 35.5.